The molecular weight excluding hydrogens is 266 g/mol. The van der Waals surface area contributed by atoms with Crippen molar-refractivity contribution in [1.29, 1.82) is 0 Å². The number of nitrogen functional groups attached to an aromatic ring is 1. The third-order valence-electron chi connectivity index (χ3n) is 1.65. The molecule has 72 valence electrons. The zero-order chi connectivity index (χ0) is 10.1. The molecule has 0 aliphatic rings. The molecule has 0 aliphatic heterocycles. The highest BCUT2D eigenvalue weighted by Gasteiger charge is 2.04. The molecule has 0 saturated heterocycles. The zero-order valence-corrected chi connectivity index (χ0v) is 9.34. The van der Waals surface area contributed by atoms with Crippen molar-refractivity contribution in [3.05, 3.63) is 27.7 Å². The van der Waals surface area contributed by atoms with Gasteiger partial charge in [-0.3, -0.25) is 9.55 Å². The number of hydrogen-bond acceptors (Lipinski definition) is 4. The number of aromatic nitrogens is 4. The number of nitrogens with zero attached hydrogens (tertiary/aromatic N) is 3. The molecule has 0 unspecified atom stereocenters. The van der Waals surface area contributed by atoms with E-state index in [4.69, 9.17) is 18.0 Å². The van der Waals surface area contributed by atoms with E-state index in [1.807, 2.05) is 6.07 Å². The second-order valence-electron chi connectivity index (χ2n) is 2.58. The molecule has 2 heterocycles. The summed E-state index contributed by atoms with van der Waals surface area (Å²) < 4.78 is 2.91. The van der Waals surface area contributed by atoms with Crippen LogP contribution in [0, 0.1) is 4.77 Å². The third kappa shape index (κ3) is 1.55. The van der Waals surface area contributed by atoms with Gasteiger partial charge < -0.3 is 5.73 Å². The van der Waals surface area contributed by atoms with Crippen LogP contribution in [0.4, 0.5) is 5.95 Å². The van der Waals surface area contributed by atoms with Gasteiger partial charge in [-0.1, -0.05) is 0 Å². The molecule has 5 nitrogen and oxygen atoms in total. The van der Waals surface area contributed by atoms with Gasteiger partial charge in [0.2, 0.25) is 10.7 Å². The lowest BCUT2D eigenvalue weighted by Crippen LogP contribution is -2.01. The summed E-state index contributed by atoms with van der Waals surface area (Å²) in [6.07, 6.45) is 3.34. The SMILES string of the molecule is Nc1n[nH]c(=S)n1-c1cncc(Br)c1. The van der Waals surface area contributed by atoms with Gasteiger partial charge in [-0.2, -0.15) is 0 Å². The van der Waals surface area contributed by atoms with Crippen molar-refractivity contribution >= 4 is 34.1 Å². The molecule has 3 N–H and O–H groups in total. The molecule has 7 heteroatoms. The summed E-state index contributed by atoms with van der Waals surface area (Å²) in [4.78, 5) is 4.01. The predicted molar refractivity (Wildman–Crippen MR) is 58.7 cm³/mol. The van der Waals surface area contributed by atoms with Gasteiger partial charge in [-0.05, 0) is 34.2 Å². The van der Waals surface area contributed by atoms with Crippen molar-refractivity contribution in [3.8, 4) is 5.69 Å². The van der Waals surface area contributed by atoms with Gasteiger partial charge >= 0.3 is 0 Å². The van der Waals surface area contributed by atoms with Crippen LogP contribution in [0.25, 0.3) is 5.69 Å². The number of aromatic amines is 1. The van der Waals surface area contributed by atoms with Crippen LogP contribution in [0.3, 0.4) is 0 Å². The third-order valence-corrected chi connectivity index (χ3v) is 2.35. The molecular formula is C7H6BrN5S. The van der Waals surface area contributed by atoms with Crippen molar-refractivity contribution in [2.24, 2.45) is 0 Å². The molecule has 2 rings (SSSR count). The predicted octanol–water partition coefficient (Wildman–Crippen LogP) is 1.67. The van der Waals surface area contributed by atoms with E-state index >= 15 is 0 Å². The first kappa shape index (κ1) is 9.35. The molecule has 0 fully saturated rings. The van der Waals surface area contributed by atoms with Crippen LogP contribution in [0.2, 0.25) is 0 Å². The van der Waals surface area contributed by atoms with Gasteiger partial charge in [0.1, 0.15) is 0 Å². The van der Waals surface area contributed by atoms with E-state index in [2.05, 4.69) is 31.1 Å². The standard InChI is InChI=1S/C7H6BrN5S/c8-4-1-5(3-10-2-4)13-6(9)11-12-7(13)14/h1-3H,(H2,9,11)(H,12,14). The number of halogens is 1. The van der Waals surface area contributed by atoms with Crippen molar-refractivity contribution < 1.29 is 0 Å². The maximum absolute atomic E-state index is 5.63. The van der Waals surface area contributed by atoms with E-state index in [0.29, 0.717) is 10.7 Å². The molecule has 0 bridgehead atoms. The van der Waals surface area contributed by atoms with E-state index in [-0.39, 0.29) is 0 Å². The minimum Gasteiger partial charge on any atom is -0.368 e. The lowest BCUT2D eigenvalue weighted by Gasteiger charge is -2.02. The Morgan fingerprint density at radius 1 is 1.50 bits per heavy atom. The summed E-state index contributed by atoms with van der Waals surface area (Å²) in [5.74, 6) is 0.315. The molecule has 0 radical (unpaired) electrons. The maximum atomic E-state index is 5.63. The Labute approximate surface area is 93.1 Å². The monoisotopic (exact) mass is 271 g/mol. The van der Waals surface area contributed by atoms with Crippen LogP contribution >= 0.6 is 28.1 Å². The van der Waals surface area contributed by atoms with Crippen molar-refractivity contribution in [2.75, 3.05) is 5.73 Å². The Morgan fingerprint density at radius 2 is 2.29 bits per heavy atom. The first-order chi connectivity index (χ1) is 6.68. The molecule has 0 spiro atoms. The first-order valence-corrected chi connectivity index (χ1v) is 4.92. The average Bonchev–Trinajstić information content (AvgIpc) is 2.46. The quantitative estimate of drug-likeness (QED) is 0.774. The molecule has 0 aromatic carbocycles. The minimum atomic E-state index is 0.315. The number of nitrogens with two attached hydrogens (primary N) is 1. The van der Waals surface area contributed by atoms with E-state index in [9.17, 15) is 0 Å². The molecule has 2 aromatic heterocycles. The fraction of sp³-hybridized carbons (Fsp3) is 0. The molecule has 2 aromatic rings. The number of nitrogens with one attached hydrogen (secondary N) is 1. The number of pyridine rings is 1. The second-order valence-corrected chi connectivity index (χ2v) is 3.89. The van der Waals surface area contributed by atoms with Crippen LogP contribution < -0.4 is 5.73 Å². The van der Waals surface area contributed by atoms with Crippen molar-refractivity contribution in [3.63, 3.8) is 0 Å². The van der Waals surface area contributed by atoms with Crippen LogP contribution in [-0.2, 0) is 0 Å². The van der Waals surface area contributed by atoms with Crippen molar-refractivity contribution in [2.45, 2.75) is 0 Å². The minimum absolute atomic E-state index is 0.315. The Morgan fingerprint density at radius 3 is 2.86 bits per heavy atom. The van der Waals surface area contributed by atoms with Gasteiger partial charge in [0.05, 0.1) is 11.9 Å². The zero-order valence-electron chi connectivity index (χ0n) is 6.94. The van der Waals surface area contributed by atoms with Crippen LogP contribution in [0.5, 0.6) is 0 Å². The largest absolute Gasteiger partial charge is 0.368 e. The molecule has 0 amide bonds. The highest BCUT2D eigenvalue weighted by Crippen LogP contribution is 2.15. The maximum Gasteiger partial charge on any atom is 0.225 e. The summed E-state index contributed by atoms with van der Waals surface area (Å²) in [6, 6.07) is 1.86. The summed E-state index contributed by atoms with van der Waals surface area (Å²) in [5.41, 5.74) is 6.41. The number of H-pyrrole nitrogens is 1. The van der Waals surface area contributed by atoms with E-state index in [1.54, 1.807) is 17.0 Å². The van der Waals surface area contributed by atoms with E-state index in [0.717, 1.165) is 10.2 Å². The molecule has 0 aliphatic carbocycles. The van der Waals surface area contributed by atoms with Crippen molar-refractivity contribution in [1.82, 2.24) is 19.7 Å². The lowest BCUT2D eigenvalue weighted by molar-refractivity contribution is 1.02. The highest BCUT2D eigenvalue weighted by molar-refractivity contribution is 9.10. The Hall–Kier alpha value is -1.21. The van der Waals surface area contributed by atoms with E-state index < -0.39 is 0 Å². The lowest BCUT2D eigenvalue weighted by atomic mass is 10.4. The topological polar surface area (TPSA) is 72.5 Å². The molecule has 0 atom stereocenters. The summed E-state index contributed by atoms with van der Waals surface area (Å²) >= 11 is 8.34. The fourth-order valence-electron chi connectivity index (χ4n) is 1.08. The Kier molecular flexibility index (Phi) is 2.34. The summed E-state index contributed by atoms with van der Waals surface area (Å²) in [7, 11) is 0. The van der Waals surface area contributed by atoms with Gasteiger partial charge in [0.25, 0.3) is 0 Å². The number of hydrogen-bond donors (Lipinski definition) is 2. The van der Waals surface area contributed by atoms with Crippen LogP contribution in [-0.4, -0.2) is 19.7 Å². The highest BCUT2D eigenvalue weighted by atomic mass is 79.9. The normalized spacial score (nSPS) is 10.4. The summed E-state index contributed by atoms with van der Waals surface area (Å²) in [6.45, 7) is 0. The molecule has 14 heavy (non-hydrogen) atoms. The van der Waals surface area contributed by atoms with Gasteiger partial charge in [-0.15, -0.1) is 5.10 Å². The van der Waals surface area contributed by atoms with Gasteiger partial charge in [-0.25, -0.2) is 5.10 Å². The smallest absolute Gasteiger partial charge is 0.225 e. The number of rotatable bonds is 1. The molecule has 0 saturated carbocycles. The fourth-order valence-corrected chi connectivity index (χ4v) is 1.68. The van der Waals surface area contributed by atoms with Gasteiger partial charge in [0, 0.05) is 10.7 Å². The van der Waals surface area contributed by atoms with Crippen LogP contribution in [0.1, 0.15) is 0 Å². The Bertz CT molecular complexity index is 517. The Balaban J connectivity index is 2.66. The van der Waals surface area contributed by atoms with E-state index in [1.165, 1.54) is 0 Å². The van der Waals surface area contributed by atoms with Crippen LogP contribution in [0.15, 0.2) is 22.9 Å². The van der Waals surface area contributed by atoms with Gasteiger partial charge in [0.15, 0.2) is 0 Å². The number of anilines is 1. The summed E-state index contributed by atoms with van der Waals surface area (Å²) in [5, 5.41) is 6.41. The second kappa shape index (κ2) is 3.50. The average molecular weight is 272 g/mol. The first-order valence-electron chi connectivity index (χ1n) is 3.72.